The fourth-order valence-corrected chi connectivity index (χ4v) is 5.35. The Labute approximate surface area is 244 Å². The second-order valence-corrected chi connectivity index (χ2v) is 11.1. The van der Waals surface area contributed by atoms with E-state index in [9.17, 15) is 9.59 Å². The third kappa shape index (κ3) is 5.30. The average Bonchev–Trinajstić information content (AvgIpc) is 3.56. The van der Waals surface area contributed by atoms with Gasteiger partial charge in [-0.1, -0.05) is 34.4 Å². The van der Waals surface area contributed by atoms with Crippen LogP contribution in [0.4, 0.5) is 0 Å². The third-order valence-electron chi connectivity index (χ3n) is 7.20. The maximum atomic E-state index is 13.7. The first-order valence-corrected chi connectivity index (χ1v) is 13.9. The molecule has 208 valence electrons. The highest BCUT2D eigenvalue weighted by atomic mass is 35.5. The number of aryl methyl sites for hydroxylation is 1. The summed E-state index contributed by atoms with van der Waals surface area (Å²) in [6.07, 6.45) is 1.99. The van der Waals surface area contributed by atoms with Gasteiger partial charge in [-0.3, -0.25) is 14.2 Å². The van der Waals surface area contributed by atoms with Crippen molar-refractivity contribution in [2.24, 2.45) is 5.16 Å². The van der Waals surface area contributed by atoms with Crippen molar-refractivity contribution in [1.29, 1.82) is 0 Å². The molecule has 0 aliphatic carbocycles. The summed E-state index contributed by atoms with van der Waals surface area (Å²) in [7, 11) is 0. The number of fused-ring (bicyclic) bond motifs is 2. The maximum absolute atomic E-state index is 13.7. The summed E-state index contributed by atoms with van der Waals surface area (Å²) in [6, 6.07) is 17.9. The van der Waals surface area contributed by atoms with Crippen LogP contribution >= 0.6 is 23.2 Å². The molecule has 1 atom stereocenters. The molecule has 5 aromatic rings. The van der Waals surface area contributed by atoms with E-state index in [0.29, 0.717) is 69.7 Å². The number of aliphatic carboxylic acids is 1. The topological polar surface area (TPSA) is 122 Å². The summed E-state index contributed by atoms with van der Waals surface area (Å²) in [5.41, 5.74) is 3.24. The van der Waals surface area contributed by atoms with E-state index in [0.717, 1.165) is 16.6 Å². The van der Waals surface area contributed by atoms with E-state index >= 15 is 0 Å². The standard InChI is InChI=1S/C30H25Cl2N5O4/c1-30(29-34-22-13-9-19(32)15-24(22)35-29)16-25(36-41-30)17-6-12-21-23(14-17)33-26(4-2-3-5-27(38)39)37(28(21)40)20-10-7-18(31)8-11-20/h6-15H,2-5,16H2,1H3,(H,34,35)(H,38,39)/t30-/m0/s1. The van der Waals surface area contributed by atoms with Crippen molar-refractivity contribution in [1.82, 2.24) is 19.5 Å². The van der Waals surface area contributed by atoms with Gasteiger partial charge in [0.05, 0.1) is 33.3 Å². The molecule has 2 aromatic heterocycles. The van der Waals surface area contributed by atoms with Gasteiger partial charge in [0.2, 0.25) is 0 Å². The van der Waals surface area contributed by atoms with Gasteiger partial charge in [-0.15, -0.1) is 0 Å². The van der Waals surface area contributed by atoms with Gasteiger partial charge in [-0.2, -0.15) is 0 Å². The smallest absolute Gasteiger partial charge is 0.303 e. The van der Waals surface area contributed by atoms with Crippen LogP contribution < -0.4 is 5.56 Å². The van der Waals surface area contributed by atoms with Crippen LogP contribution in [-0.4, -0.2) is 36.3 Å². The molecule has 1 aliphatic rings. The molecule has 3 heterocycles. The van der Waals surface area contributed by atoms with Crippen molar-refractivity contribution in [3.8, 4) is 5.69 Å². The number of aromatic amines is 1. The lowest BCUT2D eigenvalue weighted by atomic mass is 9.95. The van der Waals surface area contributed by atoms with Crippen LogP contribution in [0.15, 0.2) is 70.6 Å². The summed E-state index contributed by atoms with van der Waals surface area (Å²) < 4.78 is 1.57. The van der Waals surface area contributed by atoms with Gasteiger partial charge < -0.3 is 14.9 Å². The Balaban J connectivity index is 1.34. The number of carboxylic acid groups (broad SMARTS) is 1. The largest absolute Gasteiger partial charge is 0.481 e. The fraction of sp³-hybridized carbons (Fsp3) is 0.233. The number of nitrogens with zero attached hydrogens (tertiary/aromatic N) is 4. The number of nitrogens with one attached hydrogen (secondary N) is 1. The molecule has 0 unspecified atom stereocenters. The number of H-pyrrole nitrogens is 1. The monoisotopic (exact) mass is 589 g/mol. The van der Waals surface area contributed by atoms with Gasteiger partial charge >= 0.3 is 5.97 Å². The van der Waals surface area contributed by atoms with Crippen LogP contribution in [-0.2, 0) is 21.7 Å². The molecule has 11 heteroatoms. The lowest BCUT2D eigenvalue weighted by Crippen LogP contribution is -2.25. The first-order valence-electron chi connectivity index (χ1n) is 13.1. The first-order chi connectivity index (χ1) is 19.7. The number of benzene rings is 3. The van der Waals surface area contributed by atoms with Crippen LogP contribution in [0.5, 0.6) is 0 Å². The lowest BCUT2D eigenvalue weighted by Gasteiger charge is -2.18. The Hall–Kier alpha value is -4.21. The number of carboxylic acids is 1. The van der Waals surface area contributed by atoms with Gasteiger partial charge in [0.1, 0.15) is 5.82 Å². The van der Waals surface area contributed by atoms with Gasteiger partial charge in [0, 0.05) is 34.9 Å². The number of imidazole rings is 1. The molecular formula is C30H25Cl2N5O4. The molecule has 9 nitrogen and oxygen atoms in total. The molecule has 0 saturated heterocycles. The number of carbonyl (C=O) groups is 1. The summed E-state index contributed by atoms with van der Waals surface area (Å²) in [5.74, 6) is 0.332. The van der Waals surface area contributed by atoms with E-state index in [4.69, 9.17) is 38.1 Å². The normalized spacial score (nSPS) is 16.7. The second-order valence-electron chi connectivity index (χ2n) is 10.3. The minimum absolute atomic E-state index is 0.0553. The van der Waals surface area contributed by atoms with Crippen molar-refractivity contribution in [2.45, 2.75) is 44.6 Å². The number of aromatic nitrogens is 4. The molecule has 0 amide bonds. The zero-order valence-electron chi connectivity index (χ0n) is 22.0. The Morgan fingerprint density at radius 2 is 1.80 bits per heavy atom. The predicted octanol–water partition coefficient (Wildman–Crippen LogP) is 6.41. The molecule has 1 aliphatic heterocycles. The van der Waals surface area contributed by atoms with Gasteiger partial charge in [0.15, 0.2) is 11.4 Å². The maximum Gasteiger partial charge on any atom is 0.303 e. The molecule has 3 aromatic carbocycles. The molecular weight excluding hydrogens is 565 g/mol. The average molecular weight is 590 g/mol. The number of halogens is 2. The second kappa shape index (κ2) is 10.6. The molecule has 0 fully saturated rings. The number of unbranched alkanes of at least 4 members (excludes halogenated alkanes) is 1. The summed E-state index contributed by atoms with van der Waals surface area (Å²) in [5, 5.41) is 15.0. The van der Waals surface area contributed by atoms with Crippen LogP contribution in [0.3, 0.4) is 0 Å². The van der Waals surface area contributed by atoms with E-state index in [1.54, 1.807) is 41.0 Å². The Bertz CT molecular complexity index is 1900. The van der Waals surface area contributed by atoms with Crippen molar-refractivity contribution in [3.63, 3.8) is 0 Å². The Morgan fingerprint density at radius 3 is 2.59 bits per heavy atom. The molecule has 0 spiro atoms. The predicted molar refractivity (Wildman–Crippen MR) is 158 cm³/mol. The summed E-state index contributed by atoms with van der Waals surface area (Å²) in [6.45, 7) is 1.92. The highest BCUT2D eigenvalue weighted by Gasteiger charge is 2.39. The summed E-state index contributed by atoms with van der Waals surface area (Å²) >= 11 is 12.2. The highest BCUT2D eigenvalue weighted by molar-refractivity contribution is 6.31. The van der Waals surface area contributed by atoms with Crippen LogP contribution in [0.2, 0.25) is 10.0 Å². The first kappa shape index (κ1) is 27.0. The van der Waals surface area contributed by atoms with Crippen molar-refractivity contribution >= 4 is 56.8 Å². The zero-order chi connectivity index (χ0) is 28.7. The molecule has 41 heavy (non-hydrogen) atoms. The van der Waals surface area contributed by atoms with E-state index < -0.39 is 11.6 Å². The third-order valence-corrected chi connectivity index (χ3v) is 7.69. The Kier molecular flexibility index (Phi) is 7.01. The SMILES string of the molecule is C[C@@]1(c2nc3ccc(Cl)cc3[nH]2)CC(c2ccc3c(=O)n(-c4ccc(Cl)cc4)c(CCCCC(=O)O)nc3c2)=NO1. The van der Waals surface area contributed by atoms with Crippen molar-refractivity contribution < 1.29 is 14.7 Å². The number of rotatable bonds is 8. The zero-order valence-corrected chi connectivity index (χ0v) is 23.5. The Morgan fingerprint density at radius 1 is 1.02 bits per heavy atom. The van der Waals surface area contributed by atoms with E-state index in [1.165, 1.54) is 0 Å². The van der Waals surface area contributed by atoms with Crippen LogP contribution in [0.25, 0.3) is 27.6 Å². The van der Waals surface area contributed by atoms with Gasteiger partial charge in [0.25, 0.3) is 5.56 Å². The quantitative estimate of drug-likeness (QED) is 0.202. The fourth-order valence-electron chi connectivity index (χ4n) is 5.05. The molecule has 0 saturated carbocycles. The minimum Gasteiger partial charge on any atom is -0.481 e. The molecule has 0 bridgehead atoms. The minimum atomic E-state index is -0.853. The molecule has 0 radical (unpaired) electrons. The van der Waals surface area contributed by atoms with Crippen molar-refractivity contribution in [3.05, 3.63) is 98.3 Å². The number of oxime groups is 1. The van der Waals surface area contributed by atoms with Gasteiger partial charge in [-0.25, -0.2) is 9.97 Å². The van der Waals surface area contributed by atoms with E-state index in [1.807, 2.05) is 31.2 Å². The van der Waals surface area contributed by atoms with E-state index in [2.05, 4.69) is 15.1 Å². The molecule has 2 N–H and O–H groups in total. The lowest BCUT2D eigenvalue weighted by molar-refractivity contribution is -0.137. The summed E-state index contributed by atoms with van der Waals surface area (Å²) in [4.78, 5) is 43.5. The number of hydrogen-bond donors (Lipinski definition) is 2. The number of hydrogen-bond acceptors (Lipinski definition) is 6. The van der Waals surface area contributed by atoms with Crippen LogP contribution in [0.1, 0.15) is 49.8 Å². The van der Waals surface area contributed by atoms with E-state index in [-0.39, 0.29) is 12.0 Å². The highest BCUT2D eigenvalue weighted by Crippen LogP contribution is 2.36. The molecule has 6 rings (SSSR count). The van der Waals surface area contributed by atoms with Crippen LogP contribution in [0, 0.1) is 0 Å². The van der Waals surface area contributed by atoms with Gasteiger partial charge in [-0.05, 0) is 74.4 Å². The van der Waals surface area contributed by atoms with Crippen molar-refractivity contribution in [2.75, 3.05) is 0 Å².